The van der Waals surface area contributed by atoms with Crippen molar-refractivity contribution in [3.05, 3.63) is 58.1 Å². The lowest BCUT2D eigenvalue weighted by Crippen LogP contribution is -2.33. The van der Waals surface area contributed by atoms with E-state index < -0.39 is 0 Å². The van der Waals surface area contributed by atoms with Gasteiger partial charge in [0.1, 0.15) is 0 Å². The smallest absolute Gasteiger partial charge is 0.200 e. The van der Waals surface area contributed by atoms with Gasteiger partial charge in [-0.05, 0) is 54.7 Å². The Bertz CT molecular complexity index is 723. The Morgan fingerprint density at radius 1 is 1.17 bits per heavy atom. The van der Waals surface area contributed by atoms with Crippen molar-refractivity contribution in [2.75, 3.05) is 11.9 Å². The van der Waals surface area contributed by atoms with Gasteiger partial charge in [0.2, 0.25) is 5.96 Å². The summed E-state index contributed by atoms with van der Waals surface area (Å²) < 4.78 is 0. The van der Waals surface area contributed by atoms with Crippen LogP contribution in [0.25, 0.3) is 0 Å². The molecule has 0 spiro atoms. The molecule has 2 rings (SSSR count). The van der Waals surface area contributed by atoms with Crippen molar-refractivity contribution in [2.45, 2.75) is 33.6 Å². The lowest BCUT2D eigenvalue weighted by molar-refractivity contribution is 1.12. The zero-order chi connectivity index (χ0) is 17.0. The minimum atomic E-state index is 0.424. The van der Waals surface area contributed by atoms with Crippen LogP contribution in [0.1, 0.15) is 30.5 Å². The van der Waals surface area contributed by atoms with Gasteiger partial charge in [0, 0.05) is 12.7 Å². The molecule has 0 radical (unpaired) electrons. The third kappa shape index (κ3) is 4.05. The van der Waals surface area contributed by atoms with Crippen LogP contribution < -0.4 is 10.6 Å². The number of benzene rings is 2. The number of anilines is 1. The van der Waals surface area contributed by atoms with Crippen LogP contribution in [0, 0.1) is 6.92 Å². The van der Waals surface area contributed by atoms with E-state index >= 15 is 0 Å². The molecule has 0 atom stereocenters. The van der Waals surface area contributed by atoms with Gasteiger partial charge in [0.25, 0.3) is 0 Å². The highest BCUT2D eigenvalue weighted by Crippen LogP contribution is 2.31. The molecule has 0 saturated carbocycles. The van der Waals surface area contributed by atoms with Crippen LogP contribution in [-0.2, 0) is 12.8 Å². The highest BCUT2D eigenvalue weighted by Gasteiger charge is 2.10. The molecular weight excluding hydrogens is 306 g/mol. The van der Waals surface area contributed by atoms with E-state index in [0.29, 0.717) is 11.0 Å². The highest BCUT2D eigenvalue weighted by molar-refractivity contribution is 6.34. The number of nitrogens with two attached hydrogens (primary N) is 1. The van der Waals surface area contributed by atoms with Gasteiger partial charge < -0.3 is 10.6 Å². The summed E-state index contributed by atoms with van der Waals surface area (Å²) in [6.07, 6.45) is 1.86. The van der Waals surface area contributed by atoms with Gasteiger partial charge in [-0.1, -0.05) is 43.6 Å². The lowest BCUT2D eigenvalue weighted by Gasteiger charge is -2.19. The number of hydrogen-bond donors (Lipinski definition) is 1. The molecule has 3 nitrogen and oxygen atoms in total. The molecular formula is C19H24ClN3. The normalized spacial score (nSPS) is 11.6. The quantitative estimate of drug-likeness (QED) is 0.643. The molecule has 0 aliphatic heterocycles. The second kappa shape index (κ2) is 7.51. The first-order chi connectivity index (χ1) is 11.0. The Kier molecular flexibility index (Phi) is 5.67. The fraction of sp³-hybridized carbons (Fsp3) is 0.316. The van der Waals surface area contributed by atoms with E-state index in [0.717, 1.165) is 35.3 Å². The molecule has 4 heteroatoms. The van der Waals surface area contributed by atoms with Crippen molar-refractivity contribution in [3.63, 3.8) is 0 Å². The van der Waals surface area contributed by atoms with E-state index in [4.69, 9.17) is 17.3 Å². The Hall–Kier alpha value is -2.00. The molecule has 0 amide bonds. The van der Waals surface area contributed by atoms with Gasteiger partial charge in [-0.3, -0.25) is 0 Å². The average molecular weight is 330 g/mol. The van der Waals surface area contributed by atoms with E-state index in [9.17, 15) is 0 Å². The Morgan fingerprint density at radius 3 is 2.57 bits per heavy atom. The Balaban J connectivity index is 2.37. The van der Waals surface area contributed by atoms with Gasteiger partial charge in [0.05, 0.1) is 10.7 Å². The highest BCUT2D eigenvalue weighted by atomic mass is 35.5. The molecule has 0 unspecified atom stereocenters. The predicted octanol–water partition coefficient (Wildman–Crippen LogP) is 4.86. The third-order valence-corrected chi connectivity index (χ3v) is 4.38. The molecule has 0 bridgehead atoms. The van der Waals surface area contributed by atoms with Gasteiger partial charge in [-0.25, -0.2) is 4.99 Å². The molecule has 2 aromatic rings. The van der Waals surface area contributed by atoms with Gasteiger partial charge in [0.15, 0.2) is 0 Å². The summed E-state index contributed by atoms with van der Waals surface area (Å²) in [5.74, 6) is 0.424. The maximum Gasteiger partial charge on any atom is 0.200 e. The molecule has 0 aromatic heterocycles. The Morgan fingerprint density at radius 2 is 1.91 bits per heavy atom. The number of guanidine groups is 1. The minimum Gasteiger partial charge on any atom is -0.369 e. The monoisotopic (exact) mass is 329 g/mol. The van der Waals surface area contributed by atoms with Crippen LogP contribution in [-0.4, -0.2) is 13.0 Å². The van der Waals surface area contributed by atoms with Crippen LogP contribution in [0.15, 0.2) is 41.4 Å². The summed E-state index contributed by atoms with van der Waals surface area (Å²) in [7, 11) is 1.91. The summed E-state index contributed by atoms with van der Waals surface area (Å²) >= 11 is 6.44. The number of nitrogens with zero attached hydrogens (tertiary/aromatic N) is 2. The van der Waals surface area contributed by atoms with Crippen LogP contribution >= 0.6 is 11.6 Å². The van der Waals surface area contributed by atoms with E-state index in [2.05, 4.69) is 37.0 Å². The number of hydrogen-bond acceptors (Lipinski definition) is 1. The van der Waals surface area contributed by atoms with E-state index in [1.165, 1.54) is 5.56 Å². The molecule has 0 heterocycles. The number of halogens is 1. The molecule has 0 aliphatic carbocycles. The van der Waals surface area contributed by atoms with Crippen molar-refractivity contribution in [1.29, 1.82) is 0 Å². The SMILES string of the molecule is CCc1cccc(N(C)C(N)=Nc2cc(C)cc(CC)c2Cl)c1. The Labute approximate surface area is 143 Å². The van der Waals surface area contributed by atoms with Crippen LogP contribution in [0.3, 0.4) is 0 Å². The molecule has 0 aliphatic rings. The third-order valence-electron chi connectivity index (χ3n) is 3.94. The van der Waals surface area contributed by atoms with E-state index in [1.807, 2.05) is 37.1 Å². The summed E-state index contributed by atoms with van der Waals surface area (Å²) in [5.41, 5.74) is 11.4. The zero-order valence-corrected chi connectivity index (χ0v) is 15.0. The number of aryl methyl sites for hydroxylation is 3. The van der Waals surface area contributed by atoms with Crippen LogP contribution in [0.4, 0.5) is 11.4 Å². The van der Waals surface area contributed by atoms with Gasteiger partial charge in [-0.2, -0.15) is 0 Å². The molecule has 122 valence electrons. The van der Waals surface area contributed by atoms with E-state index in [1.54, 1.807) is 0 Å². The first-order valence-corrected chi connectivity index (χ1v) is 8.29. The lowest BCUT2D eigenvalue weighted by atomic mass is 10.1. The molecule has 2 aromatic carbocycles. The minimum absolute atomic E-state index is 0.424. The topological polar surface area (TPSA) is 41.6 Å². The predicted molar refractivity (Wildman–Crippen MR) is 101 cm³/mol. The first kappa shape index (κ1) is 17.4. The van der Waals surface area contributed by atoms with Crippen molar-refractivity contribution in [1.82, 2.24) is 0 Å². The summed E-state index contributed by atoms with van der Waals surface area (Å²) in [6.45, 7) is 6.26. The van der Waals surface area contributed by atoms with E-state index in [-0.39, 0.29) is 0 Å². The van der Waals surface area contributed by atoms with Crippen molar-refractivity contribution in [3.8, 4) is 0 Å². The number of rotatable bonds is 4. The molecule has 23 heavy (non-hydrogen) atoms. The van der Waals surface area contributed by atoms with Crippen molar-refractivity contribution < 1.29 is 0 Å². The molecule has 0 fully saturated rings. The maximum atomic E-state index is 6.44. The number of aliphatic imine (C=N–C) groups is 1. The average Bonchev–Trinajstić information content (AvgIpc) is 2.56. The summed E-state index contributed by atoms with van der Waals surface area (Å²) in [4.78, 5) is 6.43. The van der Waals surface area contributed by atoms with Gasteiger partial charge >= 0.3 is 0 Å². The largest absolute Gasteiger partial charge is 0.369 e. The summed E-state index contributed by atoms with van der Waals surface area (Å²) in [6, 6.07) is 12.3. The van der Waals surface area contributed by atoms with Crippen molar-refractivity contribution >= 4 is 28.9 Å². The molecule has 0 saturated heterocycles. The van der Waals surface area contributed by atoms with Crippen LogP contribution in [0.2, 0.25) is 5.02 Å². The molecule has 2 N–H and O–H groups in total. The second-order valence-corrected chi connectivity index (χ2v) is 6.04. The standard InChI is InChI=1S/C19H24ClN3/c1-5-14-8-7-9-16(12-14)23(4)19(21)22-17-11-13(3)10-15(6-2)18(17)20/h7-12H,5-6H2,1-4H3,(H2,21,22). The zero-order valence-electron chi connectivity index (χ0n) is 14.2. The summed E-state index contributed by atoms with van der Waals surface area (Å²) in [5, 5.41) is 0.678. The second-order valence-electron chi connectivity index (χ2n) is 5.66. The van der Waals surface area contributed by atoms with Crippen LogP contribution in [0.5, 0.6) is 0 Å². The first-order valence-electron chi connectivity index (χ1n) is 7.92. The fourth-order valence-electron chi connectivity index (χ4n) is 2.48. The van der Waals surface area contributed by atoms with Gasteiger partial charge in [-0.15, -0.1) is 0 Å². The fourth-order valence-corrected chi connectivity index (χ4v) is 2.76. The van der Waals surface area contributed by atoms with Crippen molar-refractivity contribution in [2.24, 2.45) is 10.7 Å². The maximum absolute atomic E-state index is 6.44.